The molecule has 2 aromatic rings. The Balaban J connectivity index is 1.80. The fourth-order valence-corrected chi connectivity index (χ4v) is 2.33. The first-order valence-corrected chi connectivity index (χ1v) is 7.26. The molecule has 20 heavy (non-hydrogen) atoms. The van der Waals surface area contributed by atoms with Crippen molar-refractivity contribution in [3.63, 3.8) is 0 Å². The zero-order valence-electron chi connectivity index (χ0n) is 11.7. The Bertz CT molecular complexity index is 525. The number of nitrogens with two attached hydrogens (primary N) is 1. The molecule has 108 valence electrons. The molecule has 0 saturated carbocycles. The van der Waals surface area contributed by atoms with Gasteiger partial charge in [0.2, 0.25) is 0 Å². The predicted molar refractivity (Wildman–Crippen MR) is 82.6 cm³/mol. The van der Waals surface area contributed by atoms with Gasteiger partial charge in [-0.1, -0.05) is 23.7 Å². The van der Waals surface area contributed by atoms with Crippen molar-refractivity contribution in [3.8, 4) is 0 Å². The van der Waals surface area contributed by atoms with Crippen LogP contribution in [0.2, 0.25) is 5.02 Å². The second-order valence-electron chi connectivity index (χ2n) is 4.88. The summed E-state index contributed by atoms with van der Waals surface area (Å²) in [4.78, 5) is 4.03. The van der Waals surface area contributed by atoms with E-state index in [4.69, 9.17) is 17.3 Å². The van der Waals surface area contributed by atoms with E-state index in [1.165, 1.54) is 5.56 Å². The van der Waals surface area contributed by atoms with Crippen LogP contribution in [0.25, 0.3) is 0 Å². The van der Waals surface area contributed by atoms with Gasteiger partial charge in [-0.15, -0.1) is 0 Å². The van der Waals surface area contributed by atoms with E-state index >= 15 is 0 Å². The highest BCUT2D eigenvalue weighted by Gasteiger charge is 2.07. The first kappa shape index (κ1) is 15.0. The Morgan fingerprint density at radius 1 is 1.45 bits per heavy atom. The van der Waals surface area contributed by atoms with E-state index in [1.54, 1.807) is 6.20 Å². The molecule has 0 aliphatic heterocycles. The third-order valence-corrected chi connectivity index (χ3v) is 3.76. The van der Waals surface area contributed by atoms with E-state index in [1.807, 2.05) is 18.6 Å². The number of halogens is 1. The van der Waals surface area contributed by atoms with Crippen LogP contribution < -0.4 is 11.1 Å². The third-order valence-electron chi connectivity index (χ3n) is 3.39. The van der Waals surface area contributed by atoms with Gasteiger partial charge < -0.3 is 15.6 Å². The molecule has 0 amide bonds. The molecular weight excluding hydrogens is 272 g/mol. The monoisotopic (exact) mass is 292 g/mol. The minimum Gasteiger partial charge on any atom is -0.337 e. The molecule has 0 aliphatic carbocycles. The van der Waals surface area contributed by atoms with Gasteiger partial charge in [-0.25, -0.2) is 4.98 Å². The second-order valence-corrected chi connectivity index (χ2v) is 5.29. The lowest BCUT2D eigenvalue weighted by molar-refractivity contribution is 0.526. The molecule has 0 aliphatic rings. The van der Waals surface area contributed by atoms with Gasteiger partial charge in [0.05, 0.1) is 6.33 Å². The minimum atomic E-state index is 0.292. The normalized spacial score (nSPS) is 12.6. The summed E-state index contributed by atoms with van der Waals surface area (Å²) in [5, 5.41) is 4.25. The summed E-state index contributed by atoms with van der Waals surface area (Å²) >= 11 is 6.08. The summed E-state index contributed by atoms with van der Waals surface area (Å²) in [6.07, 6.45) is 6.70. The Morgan fingerprint density at radius 3 is 3.00 bits per heavy atom. The zero-order chi connectivity index (χ0) is 14.4. The van der Waals surface area contributed by atoms with E-state index in [-0.39, 0.29) is 0 Å². The summed E-state index contributed by atoms with van der Waals surface area (Å²) in [6.45, 7) is 4.56. The summed E-state index contributed by atoms with van der Waals surface area (Å²) in [7, 11) is 0. The molecule has 5 heteroatoms. The Labute approximate surface area is 125 Å². The van der Waals surface area contributed by atoms with E-state index in [0.29, 0.717) is 12.6 Å². The summed E-state index contributed by atoms with van der Waals surface area (Å²) in [5.41, 5.74) is 7.90. The Kier molecular flexibility index (Phi) is 5.59. The van der Waals surface area contributed by atoms with Crippen molar-refractivity contribution in [2.75, 3.05) is 6.54 Å². The first-order valence-electron chi connectivity index (χ1n) is 6.88. The van der Waals surface area contributed by atoms with Crippen molar-refractivity contribution < 1.29 is 0 Å². The summed E-state index contributed by atoms with van der Waals surface area (Å²) < 4.78 is 2.08. The van der Waals surface area contributed by atoms with Crippen LogP contribution in [0.3, 0.4) is 0 Å². The highest BCUT2D eigenvalue weighted by Crippen LogP contribution is 2.21. The summed E-state index contributed by atoms with van der Waals surface area (Å²) in [5.74, 6) is 0. The van der Waals surface area contributed by atoms with Crippen LogP contribution in [-0.4, -0.2) is 16.1 Å². The first-order chi connectivity index (χ1) is 9.70. The molecular formula is C15H21ClN4. The molecule has 0 bridgehead atoms. The van der Waals surface area contributed by atoms with E-state index in [9.17, 15) is 0 Å². The van der Waals surface area contributed by atoms with Crippen molar-refractivity contribution >= 4 is 11.6 Å². The molecule has 3 N–H and O–H groups in total. The van der Waals surface area contributed by atoms with Gasteiger partial charge in [-0.2, -0.15) is 0 Å². The SMILES string of the molecule is CC(NCCCn1ccnc1)c1ccc(Cl)c(CN)c1. The molecule has 0 radical (unpaired) electrons. The highest BCUT2D eigenvalue weighted by atomic mass is 35.5. The summed E-state index contributed by atoms with van der Waals surface area (Å²) in [6, 6.07) is 6.34. The van der Waals surface area contributed by atoms with Crippen molar-refractivity contribution in [2.24, 2.45) is 5.73 Å². The van der Waals surface area contributed by atoms with Crippen LogP contribution in [0.1, 0.15) is 30.5 Å². The number of rotatable bonds is 7. The van der Waals surface area contributed by atoms with E-state index < -0.39 is 0 Å². The fourth-order valence-electron chi connectivity index (χ4n) is 2.14. The van der Waals surface area contributed by atoms with Gasteiger partial charge in [0.15, 0.2) is 0 Å². The fraction of sp³-hybridized carbons (Fsp3) is 0.400. The molecule has 0 fully saturated rings. The van der Waals surface area contributed by atoms with Gasteiger partial charge in [-0.3, -0.25) is 0 Å². The van der Waals surface area contributed by atoms with Crippen LogP contribution >= 0.6 is 11.6 Å². The Morgan fingerprint density at radius 2 is 2.30 bits per heavy atom. The second kappa shape index (κ2) is 7.43. The molecule has 2 rings (SSSR count). The lowest BCUT2D eigenvalue weighted by Gasteiger charge is -2.16. The number of hydrogen-bond acceptors (Lipinski definition) is 3. The van der Waals surface area contributed by atoms with Crippen LogP contribution in [0, 0.1) is 0 Å². The zero-order valence-corrected chi connectivity index (χ0v) is 12.5. The molecule has 4 nitrogen and oxygen atoms in total. The Hall–Kier alpha value is -1.36. The van der Waals surface area contributed by atoms with Gasteiger partial charge in [0, 0.05) is 36.5 Å². The molecule has 1 aromatic carbocycles. The van der Waals surface area contributed by atoms with Crippen molar-refractivity contribution in [1.82, 2.24) is 14.9 Å². The predicted octanol–water partition coefficient (Wildman–Crippen LogP) is 2.74. The maximum Gasteiger partial charge on any atom is 0.0945 e. The van der Waals surface area contributed by atoms with Crippen LogP contribution in [0.5, 0.6) is 0 Å². The average molecular weight is 293 g/mol. The van der Waals surface area contributed by atoms with Gasteiger partial charge in [0.25, 0.3) is 0 Å². The molecule has 1 unspecified atom stereocenters. The highest BCUT2D eigenvalue weighted by molar-refractivity contribution is 6.31. The molecule has 1 heterocycles. The van der Waals surface area contributed by atoms with Crippen LogP contribution in [-0.2, 0) is 13.1 Å². The third kappa shape index (κ3) is 4.07. The maximum absolute atomic E-state index is 6.08. The smallest absolute Gasteiger partial charge is 0.0945 e. The average Bonchev–Trinajstić information content (AvgIpc) is 2.97. The van der Waals surface area contributed by atoms with Crippen molar-refractivity contribution in [2.45, 2.75) is 32.5 Å². The molecule has 1 atom stereocenters. The number of hydrogen-bond donors (Lipinski definition) is 2. The minimum absolute atomic E-state index is 0.292. The standard InChI is InChI=1S/C15H21ClN4/c1-12(13-3-4-15(16)14(9-13)10-17)19-5-2-7-20-8-6-18-11-20/h3-4,6,8-9,11-12,19H,2,5,7,10,17H2,1H3. The number of benzene rings is 1. The molecule has 0 spiro atoms. The number of aryl methyl sites for hydroxylation is 1. The number of nitrogens with zero attached hydrogens (tertiary/aromatic N) is 2. The quantitative estimate of drug-likeness (QED) is 0.772. The largest absolute Gasteiger partial charge is 0.337 e. The topological polar surface area (TPSA) is 55.9 Å². The maximum atomic E-state index is 6.08. The van der Waals surface area contributed by atoms with Crippen molar-refractivity contribution in [1.29, 1.82) is 0 Å². The molecule has 1 aromatic heterocycles. The lowest BCUT2D eigenvalue weighted by Crippen LogP contribution is -2.21. The lowest BCUT2D eigenvalue weighted by atomic mass is 10.0. The van der Waals surface area contributed by atoms with Crippen molar-refractivity contribution in [3.05, 3.63) is 53.1 Å². The van der Waals surface area contributed by atoms with Gasteiger partial charge in [-0.05, 0) is 37.1 Å². The number of imidazole rings is 1. The van der Waals surface area contributed by atoms with Gasteiger partial charge >= 0.3 is 0 Å². The van der Waals surface area contributed by atoms with E-state index in [0.717, 1.165) is 30.1 Å². The number of aromatic nitrogens is 2. The number of nitrogens with one attached hydrogen (secondary N) is 1. The van der Waals surface area contributed by atoms with Crippen LogP contribution in [0.15, 0.2) is 36.9 Å². The molecule has 0 saturated heterocycles. The van der Waals surface area contributed by atoms with Gasteiger partial charge in [0.1, 0.15) is 0 Å². The van der Waals surface area contributed by atoms with E-state index in [2.05, 4.69) is 33.9 Å². The van der Waals surface area contributed by atoms with Crippen LogP contribution in [0.4, 0.5) is 0 Å².